The van der Waals surface area contributed by atoms with Crippen LogP contribution in [0.1, 0.15) is 60.3 Å². The summed E-state index contributed by atoms with van der Waals surface area (Å²) in [6, 6.07) is 0. The first-order valence-electron chi connectivity index (χ1n) is 11.0. The first-order chi connectivity index (χ1) is 14.6. The predicted octanol–water partition coefficient (Wildman–Crippen LogP) is 4.07. The Kier molecular flexibility index (Phi) is 11.2. The molecule has 1 N–H and O–H groups in total. The number of nitrogens with zero attached hydrogens (tertiary/aromatic N) is 3. The number of amides is 1. The molecule has 0 aromatic rings. The number of hydroxylamine groups is 2. The minimum absolute atomic E-state index is 0.119. The van der Waals surface area contributed by atoms with Crippen LogP contribution in [0.3, 0.4) is 0 Å². The van der Waals surface area contributed by atoms with Gasteiger partial charge in [-0.25, -0.2) is 10.1 Å². The molecule has 1 aliphatic rings. The molecular formula is C24H41N3O4. The second-order valence-electron chi connectivity index (χ2n) is 8.72. The van der Waals surface area contributed by atoms with Crippen LogP contribution in [0.4, 0.5) is 0 Å². The minimum Gasteiger partial charge on any atom is -0.376 e. The number of amidine groups is 1. The number of ether oxygens (including phenoxy) is 1. The molecule has 2 atom stereocenters. The molecule has 1 amide bonds. The molecule has 2 unspecified atom stereocenters. The molecule has 0 aromatic heterocycles. The van der Waals surface area contributed by atoms with Crippen molar-refractivity contribution in [2.24, 2.45) is 10.9 Å². The fourth-order valence-electron chi connectivity index (χ4n) is 3.31. The SMILES string of the molecule is C=CCN1C(CCCCCOC(C)(C)C)=NC(=C/C(C)C(=O)N(C)OC)/C(=C\C)C1O. The Morgan fingerprint density at radius 2 is 2.03 bits per heavy atom. The summed E-state index contributed by atoms with van der Waals surface area (Å²) < 4.78 is 5.78. The van der Waals surface area contributed by atoms with Crippen molar-refractivity contribution in [3.63, 3.8) is 0 Å². The van der Waals surface area contributed by atoms with Gasteiger partial charge in [0.25, 0.3) is 5.91 Å². The molecule has 176 valence electrons. The van der Waals surface area contributed by atoms with E-state index in [1.807, 2.05) is 17.9 Å². The first kappa shape index (κ1) is 27.1. The lowest BCUT2D eigenvalue weighted by molar-refractivity contribution is -0.171. The number of aliphatic hydroxyl groups excluding tert-OH is 1. The van der Waals surface area contributed by atoms with Crippen LogP contribution in [0.5, 0.6) is 0 Å². The molecule has 1 aliphatic heterocycles. The van der Waals surface area contributed by atoms with Crippen LogP contribution in [0.25, 0.3) is 0 Å². The molecule has 7 nitrogen and oxygen atoms in total. The van der Waals surface area contributed by atoms with Crippen molar-refractivity contribution in [1.29, 1.82) is 0 Å². The largest absolute Gasteiger partial charge is 0.376 e. The Morgan fingerprint density at radius 1 is 1.35 bits per heavy atom. The predicted molar refractivity (Wildman–Crippen MR) is 125 cm³/mol. The van der Waals surface area contributed by atoms with Crippen LogP contribution in [0.2, 0.25) is 0 Å². The Morgan fingerprint density at radius 3 is 2.58 bits per heavy atom. The molecule has 1 rings (SSSR count). The van der Waals surface area contributed by atoms with Crippen molar-refractivity contribution in [3.8, 4) is 0 Å². The van der Waals surface area contributed by atoms with Crippen LogP contribution >= 0.6 is 0 Å². The Bertz CT molecular complexity index is 691. The maximum atomic E-state index is 12.4. The van der Waals surface area contributed by atoms with Gasteiger partial charge < -0.3 is 14.7 Å². The monoisotopic (exact) mass is 435 g/mol. The van der Waals surface area contributed by atoms with E-state index in [1.165, 1.54) is 12.2 Å². The molecule has 0 aromatic carbocycles. The normalized spacial score (nSPS) is 20.7. The minimum atomic E-state index is -0.826. The van der Waals surface area contributed by atoms with Crippen molar-refractivity contribution >= 4 is 11.7 Å². The van der Waals surface area contributed by atoms with Gasteiger partial charge in [0, 0.05) is 32.2 Å². The lowest BCUT2D eigenvalue weighted by Gasteiger charge is -2.36. The van der Waals surface area contributed by atoms with E-state index in [0.29, 0.717) is 17.8 Å². The molecule has 0 saturated carbocycles. The number of hydrogen-bond acceptors (Lipinski definition) is 6. The van der Waals surface area contributed by atoms with Gasteiger partial charge in [-0.15, -0.1) is 6.58 Å². The van der Waals surface area contributed by atoms with Crippen molar-refractivity contribution < 1.29 is 19.5 Å². The maximum Gasteiger partial charge on any atom is 0.252 e. The second kappa shape index (κ2) is 12.8. The van der Waals surface area contributed by atoms with Crippen LogP contribution in [0, 0.1) is 5.92 Å². The number of allylic oxidation sites excluding steroid dienone is 1. The van der Waals surface area contributed by atoms with Gasteiger partial charge in [0.1, 0.15) is 5.84 Å². The third-order valence-corrected chi connectivity index (χ3v) is 5.05. The topological polar surface area (TPSA) is 74.6 Å². The summed E-state index contributed by atoms with van der Waals surface area (Å²) in [6.45, 7) is 14.9. The Balaban J connectivity index is 2.98. The number of rotatable bonds is 11. The molecule has 0 fully saturated rings. The zero-order valence-electron chi connectivity index (χ0n) is 20.4. The van der Waals surface area contributed by atoms with Crippen LogP contribution < -0.4 is 0 Å². The molecule has 0 bridgehead atoms. The Hall–Kier alpha value is -1.96. The number of aliphatic imine (C=N–C) groups is 1. The summed E-state index contributed by atoms with van der Waals surface area (Å²) in [7, 11) is 3.03. The zero-order valence-corrected chi connectivity index (χ0v) is 20.4. The lowest BCUT2D eigenvalue weighted by Crippen LogP contribution is -2.45. The van der Waals surface area contributed by atoms with E-state index in [-0.39, 0.29) is 11.5 Å². The van der Waals surface area contributed by atoms with Crippen molar-refractivity contribution in [2.45, 2.75) is 72.1 Å². The summed E-state index contributed by atoms with van der Waals surface area (Å²) in [5.74, 6) is 0.192. The highest BCUT2D eigenvalue weighted by Crippen LogP contribution is 2.28. The van der Waals surface area contributed by atoms with Crippen LogP contribution in [0.15, 0.2) is 41.1 Å². The van der Waals surface area contributed by atoms with E-state index in [1.54, 1.807) is 26.1 Å². The molecule has 0 spiro atoms. The van der Waals surface area contributed by atoms with E-state index in [4.69, 9.17) is 14.6 Å². The second-order valence-corrected chi connectivity index (χ2v) is 8.72. The van der Waals surface area contributed by atoms with Gasteiger partial charge in [0.15, 0.2) is 6.23 Å². The van der Waals surface area contributed by atoms with E-state index in [9.17, 15) is 9.90 Å². The third-order valence-electron chi connectivity index (χ3n) is 5.05. The summed E-state index contributed by atoms with van der Waals surface area (Å²) in [5, 5.41) is 12.2. The van der Waals surface area contributed by atoms with Gasteiger partial charge in [0.05, 0.1) is 24.3 Å². The highest BCUT2D eigenvalue weighted by Gasteiger charge is 2.30. The quantitative estimate of drug-likeness (QED) is 0.301. The molecule has 31 heavy (non-hydrogen) atoms. The van der Waals surface area contributed by atoms with Gasteiger partial charge in [-0.3, -0.25) is 9.63 Å². The lowest BCUT2D eigenvalue weighted by atomic mass is 10.0. The molecule has 0 radical (unpaired) electrons. The summed E-state index contributed by atoms with van der Waals surface area (Å²) in [4.78, 5) is 24.1. The fourth-order valence-corrected chi connectivity index (χ4v) is 3.31. The number of aliphatic hydroxyl groups is 1. The first-order valence-corrected chi connectivity index (χ1v) is 11.0. The van der Waals surface area contributed by atoms with Crippen molar-refractivity contribution in [1.82, 2.24) is 9.96 Å². The van der Waals surface area contributed by atoms with E-state index in [2.05, 4.69) is 27.4 Å². The average Bonchev–Trinajstić information content (AvgIpc) is 2.71. The van der Waals surface area contributed by atoms with Gasteiger partial charge >= 0.3 is 0 Å². The highest BCUT2D eigenvalue weighted by molar-refractivity contribution is 5.86. The average molecular weight is 436 g/mol. The Labute approximate surface area is 188 Å². The number of unbranched alkanes of at least 4 members (excludes halogenated alkanes) is 2. The molecule has 0 aliphatic carbocycles. The molecule has 0 saturated heterocycles. The number of carbonyl (C=O) groups excluding carboxylic acids is 1. The fraction of sp³-hybridized carbons (Fsp3) is 0.667. The van der Waals surface area contributed by atoms with Gasteiger partial charge in [-0.1, -0.05) is 18.6 Å². The van der Waals surface area contributed by atoms with E-state index < -0.39 is 12.1 Å². The summed E-state index contributed by atoms with van der Waals surface area (Å²) >= 11 is 0. The highest BCUT2D eigenvalue weighted by atomic mass is 16.7. The summed E-state index contributed by atoms with van der Waals surface area (Å²) in [5.41, 5.74) is 1.20. The van der Waals surface area contributed by atoms with Gasteiger partial charge in [0.2, 0.25) is 0 Å². The number of carbonyl (C=O) groups is 1. The van der Waals surface area contributed by atoms with Crippen LogP contribution in [-0.2, 0) is 14.4 Å². The molecule has 1 heterocycles. The van der Waals surface area contributed by atoms with Gasteiger partial charge in [-0.2, -0.15) is 0 Å². The van der Waals surface area contributed by atoms with E-state index >= 15 is 0 Å². The van der Waals surface area contributed by atoms with E-state index in [0.717, 1.165) is 38.1 Å². The van der Waals surface area contributed by atoms with Crippen LogP contribution in [-0.4, -0.2) is 66.0 Å². The molecular weight excluding hydrogens is 394 g/mol. The maximum absolute atomic E-state index is 12.4. The third kappa shape index (κ3) is 8.59. The standard InChI is InChI=1S/C24H41N3O4/c1-9-15-27-21(14-12-11-13-16-31-24(4,5)6)25-20(19(10-2)23(27)29)17-18(3)22(28)26(7)30-8/h9-10,17-18,23,29H,1,11-16H2,2-8H3/b19-10+,20-17+. The molecule has 7 heteroatoms. The van der Waals surface area contributed by atoms with Crippen molar-refractivity contribution in [3.05, 3.63) is 36.1 Å². The number of hydrogen-bond donors (Lipinski definition) is 1. The summed E-state index contributed by atoms with van der Waals surface area (Å²) in [6.07, 6.45) is 8.22. The van der Waals surface area contributed by atoms with Crippen molar-refractivity contribution in [2.75, 3.05) is 27.3 Å². The smallest absolute Gasteiger partial charge is 0.252 e. The zero-order chi connectivity index (χ0) is 23.6. The van der Waals surface area contributed by atoms with Gasteiger partial charge in [-0.05, 0) is 53.5 Å².